The van der Waals surface area contributed by atoms with Gasteiger partial charge in [-0.15, -0.1) is 0 Å². The lowest BCUT2D eigenvalue weighted by atomic mass is 10.1. The fraction of sp³-hybridized carbons (Fsp3) is 0.190. The van der Waals surface area contributed by atoms with Gasteiger partial charge in [0.1, 0.15) is 17.2 Å². The minimum absolute atomic E-state index is 0.00289. The van der Waals surface area contributed by atoms with Gasteiger partial charge in [-0.1, -0.05) is 18.2 Å². The molecule has 0 aliphatic carbocycles. The van der Waals surface area contributed by atoms with Crippen molar-refractivity contribution in [2.45, 2.75) is 18.2 Å². The maximum Gasteiger partial charge on any atom is 0.342 e. The van der Waals surface area contributed by atoms with E-state index in [1.165, 1.54) is 22.7 Å². The molecule has 31 heavy (non-hydrogen) atoms. The summed E-state index contributed by atoms with van der Waals surface area (Å²) in [4.78, 5) is 25.4. The molecule has 3 N–H and O–H groups in total. The molecule has 2 aromatic heterocycles. The molecule has 0 amide bonds. The van der Waals surface area contributed by atoms with Gasteiger partial charge < -0.3 is 10.1 Å². The van der Waals surface area contributed by atoms with Gasteiger partial charge >= 0.3 is 5.97 Å². The van der Waals surface area contributed by atoms with Crippen LogP contribution >= 0.6 is 0 Å². The van der Waals surface area contributed by atoms with Crippen molar-refractivity contribution in [1.82, 2.24) is 4.40 Å². The minimum Gasteiger partial charge on any atom is -0.462 e. The third-order valence-electron chi connectivity index (χ3n) is 4.61. The second-order valence-electron chi connectivity index (χ2n) is 6.58. The second kappa shape index (κ2) is 8.99. The van der Waals surface area contributed by atoms with Crippen molar-refractivity contribution < 1.29 is 17.9 Å². The molecule has 0 fully saturated rings. The summed E-state index contributed by atoms with van der Waals surface area (Å²) in [6, 6.07) is 12.8. The highest BCUT2D eigenvalue weighted by atomic mass is 32.2. The Morgan fingerprint density at radius 3 is 2.55 bits per heavy atom. The van der Waals surface area contributed by atoms with Crippen LogP contribution in [0.15, 0.2) is 58.4 Å². The predicted octanol–water partition coefficient (Wildman–Crippen LogP) is 1.65. The smallest absolute Gasteiger partial charge is 0.342 e. The summed E-state index contributed by atoms with van der Waals surface area (Å²) in [6.07, 6.45) is 1.92. The molecule has 3 aromatic rings. The van der Waals surface area contributed by atoms with Crippen molar-refractivity contribution in [2.24, 2.45) is 5.14 Å². The van der Waals surface area contributed by atoms with E-state index in [4.69, 9.17) is 9.88 Å². The number of rotatable bonds is 7. The largest absolute Gasteiger partial charge is 0.462 e. The highest BCUT2D eigenvalue weighted by Gasteiger charge is 2.23. The Morgan fingerprint density at radius 2 is 1.94 bits per heavy atom. The van der Waals surface area contributed by atoms with Gasteiger partial charge in [0.2, 0.25) is 10.0 Å². The van der Waals surface area contributed by atoms with Crippen LogP contribution in [0.2, 0.25) is 0 Å². The maximum atomic E-state index is 12.8. The average Bonchev–Trinajstić information content (AvgIpc) is 2.74. The number of anilines is 1. The van der Waals surface area contributed by atoms with E-state index in [9.17, 15) is 23.3 Å². The number of ether oxygens (including phenoxy) is 1. The van der Waals surface area contributed by atoms with Crippen molar-refractivity contribution in [2.75, 3.05) is 18.5 Å². The summed E-state index contributed by atoms with van der Waals surface area (Å²) in [5.74, 6) is -0.650. The normalized spacial score (nSPS) is 11.1. The number of nitrogens with one attached hydrogen (secondary N) is 1. The number of carbonyl (C=O) groups excluding carboxylic acids is 1. The summed E-state index contributed by atoms with van der Waals surface area (Å²) >= 11 is 0. The van der Waals surface area contributed by atoms with Gasteiger partial charge in [-0.3, -0.25) is 9.20 Å². The van der Waals surface area contributed by atoms with Crippen LogP contribution in [0.25, 0.3) is 5.52 Å². The Kier molecular flexibility index (Phi) is 6.39. The summed E-state index contributed by atoms with van der Waals surface area (Å²) in [7, 11) is -3.78. The fourth-order valence-electron chi connectivity index (χ4n) is 3.17. The SMILES string of the molecule is CCOC(=O)c1c(NCCc2ccc(S(N)(=O)=O)cc2)c(C#N)c(=O)n2ccccc12. The Morgan fingerprint density at radius 1 is 1.23 bits per heavy atom. The topological polar surface area (TPSA) is 144 Å². The molecule has 1 aromatic carbocycles. The highest BCUT2D eigenvalue weighted by molar-refractivity contribution is 7.89. The predicted molar refractivity (Wildman–Crippen MR) is 114 cm³/mol. The van der Waals surface area contributed by atoms with Crippen LogP contribution in [-0.2, 0) is 21.2 Å². The molecular formula is C21H20N4O5S. The molecule has 160 valence electrons. The summed E-state index contributed by atoms with van der Waals surface area (Å²) in [5.41, 5.74) is 0.586. The number of nitrogens with two attached hydrogens (primary N) is 1. The Balaban J connectivity index is 1.97. The third kappa shape index (κ3) is 4.58. The number of nitriles is 1. The van der Waals surface area contributed by atoms with Crippen molar-refractivity contribution in [3.8, 4) is 6.07 Å². The number of carbonyl (C=O) groups is 1. The van der Waals surface area contributed by atoms with Crippen LogP contribution in [0.3, 0.4) is 0 Å². The lowest BCUT2D eigenvalue weighted by Gasteiger charge is -2.16. The Bertz CT molecular complexity index is 1340. The van der Waals surface area contributed by atoms with Crippen molar-refractivity contribution in [1.29, 1.82) is 5.26 Å². The number of sulfonamides is 1. The number of aromatic nitrogens is 1. The van der Waals surface area contributed by atoms with E-state index >= 15 is 0 Å². The Labute approximate surface area is 178 Å². The maximum absolute atomic E-state index is 12.8. The van der Waals surface area contributed by atoms with E-state index in [-0.39, 0.29) is 34.9 Å². The first-order chi connectivity index (χ1) is 14.8. The van der Waals surface area contributed by atoms with E-state index in [0.29, 0.717) is 11.9 Å². The Hall–Kier alpha value is -3.68. The molecule has 0 aliphatic rings. The molecule has 2 heterocycles. The van der Waals surface area contributed by atoms with Gasteiger partial charge in [-0.25, -0.2) is 18.4 Å². The van der Waals surface area contributed by atoms with Gasteiger partial charge in [0.15, 0.2) is 0 Å². The van der Waals surface area contributed by atoms with Gasteiger partial charge in [-0.2, -0.15) is 5.26 Å². The number of pyridine rings is 2. The first-order valence-corrected chi connectivity index (χ1v) is 10.9. The summed E-state index contributed by atoms with van der Waals surface area (Å²) in [6.45, 7) is 2.08. The molecule has 0 aliphatic heterocycles. The molecule has 0 spiro atoms. The van der Waals surface area contributed by atoms with Gasteiger partial charge in [0.05, 0.1) is 22.7 Å². The van der Waals surface area contributed by atoms with E-state index in [1.54, 1.807) is 37.3 Å². The van der Waals surface area contributed by atoms with Crippen molar-refractivity contribution >= 4 is 27.2 Å². The van der Waals surface area contributed by atoms with Crippen molar-refractivity contribution in [3.05, 3.63) is 75.7 Å². The average molecular weight is 440 g/mol. The zero-order valence-corrected chi connectivity index (χ0v) is 17.5. The lowest BCUT2D eigenvalue weighted by molar-refractivity contribution is 0.0529. The zero-order chi connectivity index (χ0) is 22.6. The molecule has 3 rings (SSSR count). The minimum atomic E-state index is -3.78. The second-order valence-corrected chi connectivity index (χ2v) is 8.15. The summed E-state index contributed by atoms with van der Waals surface area (Å²) in [5, 5.41) is 17.7. The number of fused-ring (bicyclic) bond motifs is 1. The molecule has 0 radical (unpaired) electrons. The third-order valence-corrected chi connectivity index (χ3v) is 5.54. The first kappa shape index (κ1) is 22.0. The van der Waals surface area contributed by atoms with E-state index in [1.807, 2.05) is 6.07 Å². The molecule has 0 saturated carbocycles. The molecule has 0 unspecified atom stereocenters. The highest BCUT2D eigenvalue weighted by Crippen LogP contribution is 2.24. The number of hydrogen-bond acceptors (Lipinski definition) is 7. The quantitative estimate of drug-likeness (QED) is 0.532. The van der Waals surface area contributed by atoms with Gasteiger partial charge in [0, 0.05) is 12.7 Å². The standard InChI is InChI=1S/C21H20N4O5S/c1-2-30-21(27)18-17-5-3-4-12-25(17)20(26)16(13-22)19(18)24-11-10-14-6-8-15(9-7-14)31(23,28)29/h3-9,12,24H,2,10-11H2,1H3,(H2,23,28,29). The van der Waals surface area contributed by atoms with Crippen LogP contribution in [0.5, 0.6) is 0 Å². The fourth-order valence-corrected chi connectivity index (χ4v) is 3.69. The molecule has 9 nitrogen and oxygen atoms in total. The van der Waals surface area contributed by atoms with Gasteiger partial charge in [-0.05, 0) is 43.2 Å². The molecular weight excluding hydrogens is 420 g/mol. The molecule has 0 atom stereocenters. The number of benzene rings is 1. The number of hydrogen-bond donors (Lipinski definition) is 2. The summed E-state index contributed by atoms with van der Waals surface area (Å²) < 4.78 is 29.1. The zero-order valence-electron chi connectivity index (χ0n) is 16.7. The monoisotopic (exact) mass is 440 g/mol. The molecule has 0 bridgehead atoms. The van der Waals surface area contributed by atoms with Crippen LogP contribution in [0, 0.1) is 11.3 Å². The van der Waals surface area contributed by atoms with Crippen LogP contribution in [0.4, 0.5) is 5.69 Å². The van der Waals surface area contributed by atoms with Crippen molar-refractivity contribution in [3.63, 3.8) is 0 Å². The first-order valence-electron chi connectivity index (χ1n) is 9.38. The number of nitrogens with zero attached hydrogens (tertiary/aromatic N) is 2. The van der Waals surface area contributed by atoms with Crippen LogP contribution < -0.4 is 16.0 Å². The lowest BCUT2D eigenvalue weighted by Crippen LogP contribution is -2.24. The number of primary sulfonamides is 1. The number of esters is 1. The van der Waals surface area contributed by atoms with Gasteiger partial charge in [0.25, 0.3) is 5.56 Å². The van der Waals surface area contributed by atoms with Crippen LogP contribution in [-0.4, -0.2) is 31.9 Å². The van der Waals surface area contributed by atoms with E-state index < -0.39 is 21.6 Å². The van der Waals surface area contributed by atoms with Crippen LogP contribution in [0.1, 0.15) is 28.4 Å². The van der Waals surface area contributed by atoms with E-state index in [2.05, 4.69) is 5.32 Å². The molecule has 10 heteroatoms. The van der Waals surface area contributed by atoms with E-state index in [0.717, 1.165) is 5.56 Å². The molecule has 0 saturated heterocycles.